The lowest BCUT2D eigenvalue weighted by atomic mass is 10.1. The Kier molecular flexibility index (Phi) is 8.43. The Bertz CT molecular complexity index is 1010. The van der Waals surface area contributed by atoms with Crippen molar-refractivity contribution >= 4 is 56.5 Å². The lowest BCUT2D eigenvalue weighted by Gasteiger charge is -2.30. The standard InChI is InChI=1S/C22H24BrN3O5S/c1-3-31-19-7-4-14(12-17(19)23)20(27)25-22(32)24-15-5-6-18(16(13-15)21(28)29-2)26-8-10-30-11-9-26/h4-7,12-13H,3,8-11H2,1-2H3,(H2,24,25,27,32). The van der Waals surface area contributed by atoms with Crippen molar-refractivity contribution < 1.29 is 23.8 Å². The first kappa shape index (κ1) is 24.0. The number of halogens is 1. The fourth-order valence-electron chi connectivity index (χ4n) is 3.22. The minimum Gasteiger partial charge on any atom is -0.493 e. The van der Waals surface area contributed by atoms with Crippen molar-refractivity contribution in [1.82, 2.24) is 5.32 Å². The molecule has 1 amide bonds. The number of hydrogen-bond donors (Lipinski definition) is 2. The third-order valence-corrected chi connectivity index (χ3v) is 5.56. The van der Waals surface area contributed by atoms with Gasteiger partial charge in [-0.05, 0) is 71.5 Å². The molecule has 1 aliphatic heterocycles. The SMILES string of the molecule is CCOc1ccc(C(=O)NC(=S)Nc2ccc(N3CCOCC3)c(C(=O)OC)c2)cc1Br. The molecule has 2 aromatic carbocycles. The van der Waals surface area contributed by atoms with E-state index in [0.29, 0.717) is 59.9 Å². The molecule has 0 spiro atoms. The Morgan fingerprint density at radius 2 is 1.94 bits per heavy atom. The molecule has 32 heavy (non-hydrogen) atoms. The van der Waals surface area contributed by atoms with Gasteiger partial charge in [0.25, 0.3) is 5.91 Å². The van der Waals surface area contributed by atoms with E-state index in [-0.39, 0.29) is 11.0 Å². The van der Waals surface area contributed by atoms with E-state index >= 15 is 0 Å². The number of carbonyl (C=O) groups excluding carboxylic acids is 2. The molecule has 0 unspecified atom stereocenters. The summed E-state index contributed by atoms with van der Waals surface area (Å²) in [5.41, 5.74) is 2.15. The molecule has 2 N–H and O–H groups in total. The van der Waals surface area contributed by atoms with Crippen LogP contribution in [-0.4, -0.2) is 57.0 Å². The zero-order valence-corrected chi connectivity index (χ0v) is 20.2. The summed E-state index contributed by atoms with van der Waals surface area (Å²) in [7, 11) is 1.34. The van der Waals surface area contributed by atoms with Crippen LogP contribution in [-0.2, 0) is 9.47 Å². The van der Waals surface area contributed by atoms with Gasteiger partial charge in [0.05, 0.1) is 42.7 Å². The van der Waals surface area contributed by atoms with E-state index < -0.39 is 5.97 Å². The van der Waals surface area contributed by atoms with Crippen LogP contribution in [0, 0.1) is 0 Å². The van der Waals surface area contributed by atoms with Crippen LogP contribution in [0.1, 0.15) is 27.6 Å². The molecule has 1 heterocycles. The number of carbonyl (C=O) groups is 2. The van der Waals surface area contributed by atoms with E-state index in [9.17, 15) is 9.59 Å². The lowest BCUT2D eigenvalue weighted by molar-refractivity contribution is 0.0600. The van der Waals surface area contributed by atoms with Crippen LogP contribution in [0.15, 0.2) is 40.9 Å². The topological polar surface area (TPSA) is 89.1 Å². The third-order valence-electron chi connectivity index (χ3n) is 4.73. The number of anilines is 2. The minimum absolute atomic E-state index is 0.106. The Labute approximate surface area is 200 Å². The molecule has 0 bridgehead atoms. The van der Waals surface area contributed by atoms with Crippen molar-refractivity contribution in [2.75, 3.05) is 50.2 Å². The highest BCUT2D eigenvalue weighted by molar-refractivity contribution is 9.10. The van der Waals surface area contributed by atoms with Gasteiger partial charge in [0.15, 0.2) is 5.11 Å². The summed E-state index contributed by atoms with van der Waals surface area (Å²) in [6, 6.07) is 10.3. The van der Waals surface area contributed by atoms with Gasteiger partial charge in [-0.3, -0.25) is 10.1 Å². The number of benzene rings is 2. The second kappa shape index (κ2) is 11.3. The summed E-state index contributed by atoms with van der Waals surface area (Å²) in [5, 5.41) is 5.70. The van der Waals surface area contributed by atoms with Gasteiger partial charge in [-0.15, -0.1) is 0 Å². The number of ether oxygens (including phenoxy) is 3. The number of rotatable bonds is 6. The molecule has 0 aliphatic carbocycles. The molecule has 1 aliphatic rings. The van der Waals surface area contributed by atoms with Crippen molar-refractivity contribution in [1.29, 1.82) is 0 Å². The second-order valence-corrected chi connectivity index (χ2v) is 8.07. The average molecular weight is 522 g/mol. The highest BCUT2D eigenvalue weighted by Crippen LogP contribution is 2.27. The summed E-state index contributed by atoms with van der Waals surface area (Å²) in [6.45, 7) is 4.97. The van der Waals surface area contributed by atoms with Crippen LogP contribution < -0.4 is 20.3 Å². The number of thiocarbonyl (C=S) groups is 1. The van der Waals surface area contributed by atoms with E-state index in [1.807, 2.05) is 13.0 Å². The summed E-state index contributed by atoms with van der Waals surface area (Å²) in [6.07, 6.45) is 0. The maximum atomic E-state index is 12.6. The van der Waals surface area contributed by atoms with Gasteiger partial charge in [0.2, 0.25) is 0 Å². The molecule has 0 atom stereocenters. The molecule has 1 saturated heterocycles. The number of methoxy groups -OCH3 is 1. The number of hydrogen-bond acceptors (Lipinski definition) is 7. The van der Waals surface area contributed by atoms with E-state index in [4.69, 9.17) is 26.4 Å². The Balaban J connectivity index is 1.70. The summed E-state index contributed by atoms with van der Waals surface area (Å²) in [5.74, 6) is -0.172. The van der Waals surface area contributed by atoms with Crippen molar-refractivity contribution in [3.63, 3.8) is 0 Å². The number of nitrogens with zero attached hydrogens (tertiary/aromatic N) is 1. The Hall–Kier alpha value is -2.69. The van der Waals surface area contributed by atoms with Gasteiger partial charge in [-0.25, -0.2) is 4.79 Å². The molecule has 170 valence electrons. The molecule has 0 radical (unpaired) electrons. The van der Waals surface area contributed by atoms with E-state index in [1.54, 1.807) is 30.3 Å². The summed E-state index contributed by atoms with van der Waals surface area (Å²) in [4.78, 5) is 27.0. The highest BCUT2D eigenvalue weighted by Gasteiger charge is 2.20. The quantitative estimate of drug-likeness (QED) is 0.440. The normalized spacial score (nSPS) is 13.3. The summed E-state index contributed by atoms with van der Waals surface area (Å²) < 4.78 is 16.5. The van der Waals surface area contributed by atoms with E-state index in [0.717, 1.165) is 5.69 Å². The maximum absolute atomic E-state index is 12.6. The molecular formula is C22H24BrN3O5S. The molecule has 8 nitrogen and oxygen atoms in total. The largest absolute Gasteiger partial charge is 0.493 e. The fraction of sp³-hybridized carbons (Fsp3) is 0.318. The van der Waals surface area contributed by atoms with Crippen LogP contribution in [0.5, 0.6) is 5.75 Å². The molecular weight excluding hydrogens is 498 g/mol. The Morgan fingerprint density at radius 1 is 1.19 bits per heavy atom. The van der Waals surface area contributed by atoms with Crippen molar-refractivity contribution in [3.05, 3.63) is 52.0 Å². The van der Waals surface area contributed by atoms with Gasteiger partial charge in [-0.1, -0.05) is 0 Å². The van der Waals surface area contributed by atoms with Gasteiger partial charge in [-0.2, -0.15) is 0 Å². The third kappa shape index (κ3) is 5.96. The molecule has 1 fully saturated rings. The smallest absolute Gasteiger partial charge is 0.340 e. The average Bonchev–Trinajstić information content (AvgIpc) is 2.80. The number of amides is 1. The molecule has 0 saturated carbocycles. The summed E-state index contributed by atoms with van der Waals surface area (Å²) >= 11 is 8.68. The van der Waals surface area contributed by atoms with E-state index in [1.165, 1.54) is 7.11 Å². The molecule has 0 aromatic heterocycles. The van der Waals surface area contributed by atoms with Gasteiger partial charge < -0.3 is 24.4 Å². The van der Waals surface area contributed by atoms with Crippen LogP contribution in [0.2, 0.25) is 0 Å². The minimum atomic E-state index is -0.454. The first-order valence-corrected chi connectivity index (χ1v) is 11.2. The molecule has 10 heteroatoms. The zero-order valence-electron chi connectivity index (χ0n) is 17.8. The Morgan fingerprint density at radius 3 is 2.59 bits per heavy atom. The van der Waals surface area contributed by atoms with Crippen LogP contribution >= 0.6 is 28.1 Å². The van der Waals surface area contributed by atoms with Crippen LogP contribution in [0.4, 0.5) is 11.4 Å². The van der Waals surface area contributed by atoms with Crippen LogP contribution in [0.25, 0.3) is 0 Å². The highest BCUT2D eigenvalue weighted by atomic mass is 79.9. The van der Waals surface area contributed by atoms with Crippen molar-refractivity contribution in [3.8, 4) is 5.75 Å². The van der Waals surface area contributed by atoms with Crippen LogP contribution in [0.3, 0.4) is 0 Å². The number of morpholine rings is 1. The first-order chi connectivity index (χ1) is 15.4. The molecule has 3 rings (SSSR count). The monoisotopic (exact) mass is 521 g/mol. The van der Waals surface area contributed by atoms with E-state index in [2.05, 4.69) is 31.5 Å². The number of esters is 1. The molecule has 2 aromatic rings. The van der Waals surface area contributed by atoms with Gasteiger partial charge in [0.1, 0.15) is 5.75 Å². The number of nitrogens with one attached hydrogen (secondary N) is 2. The lowest BCUT2D eigenvalue weighted by Crippen LogP contribution is -2.37. The van der Waals surface area contributed by atoms with Crippen molar-refractivity contribution in [2.24, 2.45) is 0 Å². The maximum Gasteiger partial charge on any atom is 0.340 e. The predicted molar refractivity (Wildman–Crippen MR) is 130 cm³/mol. The predicted octanol–water partition coefficient (Wildman–Crippen LogP) is 3.60. The fourth-order valence-corrected chi connectivity index (χ4v) is 3.92. The first-order valence-electron chi connectivity index (χ1n) is 10.0. The van der Waals surface area contributed by atoms with Gasteiger partial charge >= 0.3 is 5.97 Å². The zero-order chi connectivity index (χ0) is 23.1. The van der Waals surface area contributed by atoms with Gasteiger partial charge in [0, 0.05) is 24.3 Å². The van der Waals surface area contributed by atoms with Crippen molar-refractivity contribution in [2.45, 2.75) is 6.92 Å². The second-order valence-electron chi connectivity index (χ2n) is 6.81.